The zero-order valence-corrected chi connectivity index (χ0v) is 24.1. The molecule has 1 aliphatic carbocycles. The third-order valence-corrected chi connectivity index (χ3v) is 8.82. The van der Waals surface area contributed by atoms with Gasteiger partial charge in [-0.3, -0.25) is 24.0 Å². The molecular formula is C30H37N7O4. The zero-order chi connectivity index (χ0) is 28.9. The lowest BCUT2D eigenvalue weighted by atomic mass is 10.0. The average Bonchev–Trinajstić information content (AvgIpc) is 3.30. The van der Waals surface area contributed by atoms with E-state index < -0.39 is 6.04 Å². The maximum absolute atomic E-state index is 13.8. The molecule has 41 heavy (non-hydrogen) atoms. The van der Waals surface area contributed by atoms with Crippen LogP contribution in [0.5, 0.6) is 0 Å². The molecule has 3 fully saturated rings. The van der Waals surface area contributed by atoms with Crippen LogP contribution in [0.15, 0.2) is 24.5 Å². The van der Waals surface area contributed by atoms with Crippen LogP contribution in [-0.2, 0) is 20.9 Å². The number of nitrogens with one attached hydrogen (secondary N) is 1. The van der Waals surface area contributed by atoms with Crippen molar-refractivity contribution in [3.8, 4) is 11.1 Å². The topological polar surface area (TPSA) is 123 Å². The Morgan fingerprint density at radius 1 is 1.07 bits per heavy atom. The lowest BCUT2D eigenvalue weighted by Crippen LogP contribution is -2.50. The van der Waals surface area contributed by atoms with E-state index in [1.54, 1.807) is 22.0 Å². The first-order valence-electron chi connectivity index (χ1n) is 14.3. The van der Waals surface area contributed by atoms with E-state index in [1.165, 1.54) is 6.92 Å². The molecule has 0 radical (unpaired) electrons. The molecule has 0 bridgehead atoms. The van der Waals surface area contributed by atoms with Crippen molar-refractivity contribution in [1.29, 1.82) is 0 Å². The van der Waals surface area contributed by atoms with Crippen LogP contribution in [0.1, 0.15) is 48.6 Å². The largest absolute Gasteiger partial charge is 0.379 e. The highest BCUT2D eigenvalue weighted by atomic mass is 16.5. The first-order valence-corrected chi connectivity index (χ1v) is 14.3. The van der Waals surface area contributed by atoms with Crippen molar-refractivity contribution in [2.24, 2.45) is 5.41 Å². The monoisotopic (exact) mass is 559 g/mol. The average molecular weight is 560 g/mol. The predicted octanol–water partition coefficient (Wildman–Crippen LogP) is 2.14. The Kier molecular flexibility index (Phi) is 7.11. The number of hydrogen-bond acceptors (Lipinski definition) is 8. The summed E-state index contributed by atoms with van der Waals surface area (Å²) >= 11 is 0. The third-order valence-electron chi connectivity index (χ3n) is 8.82. The number of carbonyl (C=O) groups is 3. The Morgan fingerprint density at radius 2 is 1.80 bits per heavy atom. The maximum atomic E-state index is 13.8. The van der Waals surface area contributed by atoms with Crippen molar-refractivity contribution >= 4 is 28.5 Å². The molecule has 1 aromatic carbocycles. The van der Waals surface area contributed by atoms with Gasteiger partial charge >= 0.3 is 0 Å². The minimum absolute atomic E-state index is 0.0282. The number of hydrogen-bond donors (Lipinski definition) is 1. The van der Waals surface area contributed by atoms with E-state index in [0.29, 0.717) is 43.1 Å². The van der Waals surface area contributed by atoms with Gasteiger partial charge in [0.2, 0.25) is 11.8 Å². The second-order valence-corrected chi connectivity index (χ2v) is 11.9. The summed E-state index contributed by atoms with van der Waals surface area (Å²) in [7, 11) is 0. The molecule has 3 aromatic rings. The Hall–Kier alpha value is -3.70. The summed E-state index contributed by atoms with van der Waals surface area (Å²) in [5.74, 6) is 0.252. The number of ketones is 1. The Labute approximate surface area is 239 Å². The molecule has 3 aliphatic rings. The lowest BCUT2D eigenvalue weighted by molar-refractivity contribution is -0.140. The molecule has 3 atom stereocenters. The van der Waals surface area contributed by atoms with Gasteiger partial charge in [-0.05, 0) is 55.4 Å². The number of ether oxygens (including phenoxy) is 1. The molecule has 2 saturated heterocycles. The minimum Gasteiger partial charge on any atom is -0.379 e. The highest BCUT2D eigenvalue weighted by molar-refractivity contribution is 6.07. The van der Waals surface area contributed by atoms with Crippen LogP contribution in [0, 0.1) is 19.3 Å². The summed E-state index contributed by atoms with van der Waals surface area (Å²) in [6.07, 6.45) is 5.08. The number of benzene rings is 1. The number of aryl methyl sites for hydroxylation is 2. The molecule has 11 heteroatoms. The molecule has 0 spiro atoms. The molecule has 6 rings (SSSR count). The Bertz CT molecular complexity index is 1510. The second kappa shape index (κ2) is 10.6. The molecule has 2 aliphatic heterocycles. The number of rotatable bonds is 8. The van der Waals surface area contributed by atoms with E-state index in [-0.39, 0.29) is 35.6 Å². The first-order chi connectivity index (χ1) is 19.6. The van der Waals surface area contributed by atoms with Gasteiger partial charge in [-0.1, -0.05) is 6.92 Å². The number of fused-ring (bicyclic) bond motifs is 2. The molecule has 2 amide bonds. The van der Waals surface area contributed by atoms with Crippen molar-refractivity contribution in [3.63, 3.8) is 0 Å². The van der Waals surface area contributed by atoms with E-state index >= 15 is 0 Å². The smallest absolute Gasteiger partial charge is 0.245 e. The van der Waals surface area contributed by atoms with Gasteiger partial charge in [-0.25, -0.2) is 9.97 Å². The van der Waals surface area contributed by atoms with Gasteiger partial charge in [0.15, 0.2) is 5.78 Å². The van der Waals surface area contributed by atoms with Crippen LogP contribution >= 0.6 is 0 Å². The van der Waals surface area contributed by atoms with Gasteiger partial charge in [0.25, 0.3) is 0 Å². The van der Waals surface area contributed by atoms with E-state index in [9.17, 15) is 14.4 Å². The van der Waals surface area contributed by atoms with Crippen LogP contribution in [0.2, 0.25) is 0 Å². The van der Waals surface area contributed by atoms with Gasteiger partial charge in [0.05, 0.1) is 18.7 Å². The highest BCUT2D eigenvalue weighted by Gasteiger charge is 2.64. The molecule has 1 N–H and O–H groups in total. The predicted molar refractivity (Wildman–Crippen MR) is 152 cm³/mol. The third kappa shape index (κ3) is 5.24. The van der Waals surface area contributed by atoms with Crippen molar-refractivity contribution < 1.29 is 19.1 Å². The fourth-order valence-electron chi connectivity index (χ4n) is 6.46. The summed E-state index contributed by atoms with van der Waals surface area (Å²) in [6.45, 7) is 11.8. The van der Waals surface area contributed by atoms with E-state index in [1.807, 2.05) is 26.0 Å². The highest BCUT2D eigenvalue weighted by Crippen LogP contribution is 2.59. The van der Waals surface area contributed by atoms with Crippen LogP contribution < -0.4 is 5.32 Å². The number of morpholine rings is 1. The number of amides is 2. The molecule has 2 aromatic heterocycles. The first kappa shape index (κ1) is 27.5. The SMILES string of the molecule is CC(=O)c1nn(CC(=O)N2[C@H](C(=O)NCCN3CCOCC3)C[C@@]3(C)C[C@@H]23)c2c(C)cc(-c3cnc(C)nc3)cc12. The number of nitrogens with zero attached hydrogens (tertiary/aromatic N) is 6. The molecule has 216 valence electrons. The van der Waals surface area contributed by atoms with Crippen molar-refractivity contribution in [1.82, 2.24) is 34.9 Å². The van der Waals surface area contributed by atoms with E-state index in [2.05, 4.69) is 32.2 Å². The zero-order valence-electron chi connectivity index (χ0n) is 24.1. The van der Waals surface area contributed by atoms with Crippen LogP contribution in [-0.4, -0.2) is 98.6 Å². The molecule has 4 heterocycles. The molecular weight excluding hydrogens is 522 g/mol. The normalized spacial score (nSPS) is 24.0. The van der Waals surface area contributed by atoms with E-state index in [4.69, 9.17) is 4.74 Å². The van der Waals surface area contributed by atoms with Gasteiger partial charge in [0, 0.05) is 62.5 Å². The van der Waals surface area contributed by atoms with E-state index in [0.717, 1.165) is 48.3 Å². The van der Waals surface area contributed by atoms with Gasteiger partial charge in [-0.2, -0.15) is 5.10 Å². The van der Waals surface area contributed by atoms with Gasteiger partial charge in [0.1, 0.15) is 24.1 Å². The van der Waals surface area contributed by atoms with Crippen LogP contribution in [0.3, 0.4) is 0 Å². The number of aromatic nitrogens is 4. The maximum Gasteiger partial charge on any atom is 0.245 e. The summed E-state index contributed by atoms with van der Waals surface area (Å²) in [4.78, 5) is 52.4. The Balaban J connectivity index is 1.23. The fourth-order valence-corrected chi connectivity index (χ4v) is 6.46. The van der Waals surface area contributed by atoms with Crippen molar-refractivity contribution in [3.05, 3.63) is 41.6 Å². The summed E-state index contributed by atoms with van der Waals surface area (Å²) in [6, 6.07) is 3.47. The summed E-state index contributed by atoms with van der Waals surface area (Å²) in [5, 5.41) is 8.37. The van der Waals surface area contributed by atoms with Crippen LogP contribution in [0.4, 0.5) is 0 Å². The summed E-state index contributed by atoms with van der Waals surface area (Å²) in [5.41, 5.74) is 3.64. The second-order valence-electron chi connectivity index (χ2n) is 11.9. The number of likely N-dealkylation sites (tertiary alicyclic amines) is 1. The standard InChI is InChI=1S/C30H37N7O4/c1-18-11-21(22-15-32-20(3)33-16-22)12-23-27(19(2)38)34-36(28(18)23)17-26(39)37-24(13-30(4)14-25(30)37)29(40)31-5-6-35-7-9-41-10-8-35/h11-12,15-16,24-25H,5-10,13-14,17H2,1-4H3,(H,31,40)/t24-,25+,30-/m0/s1. The quantitative estimate of drug-likeness (QED) is 0.417. The minimum atomic E-state index is -0.501. The molecule has 1 saturated carbocycles. The number of carbonyl (C=O) groups excluding carboxylic acids is 3. The molecule has 11 nitrogen and oxygen atoms in total. The lowest BCUT2D eigenvalue weighted by Gasteiger charge is -2.29. The van der Waals surface area contributed by atoms with Crippen molar-refractivity contribution in [2.75, 3.05) is 39.4 Å². The van der Waals surface area contributed by atoms with Gasteiger partial charge < -0.3 is 15.0 Å². The summed E-state index contributed by atoms with van der Waals surface area (Å²) < 4.78 is 7.03. The van der Waals surface area contributed by atoms with Crippen LogP contribution in [0.25, 0.3) is 22.0 Å². The Morgan fingerprint density at radius 3 is 2.51 bits per heavy atom. The molecule has 0 unspecified atom stereocenters. The van der Waals surface area contributed by atoms with Gasteiger partial charge in [-0.15, -0.1) is 0 Å². The number of Topliss-reactive ketones (excluding diaryl/α,β-unsaturated/α-hetero) is 1. The number of piperidine rings is 1. The fraction of sp³-hybridized carbons (Fsp3) is 0.533. The van der Waals surface area contributed by atoms with Crippen molar-refractivity contribution in [2.45, 2.75) is 59.2 Å².